The van der Waals surface area contributed by atoms with E-state index in [4.69, 9.17) is 14.6 Å². The van der Waals surface area contributed by atoms with Crippen LogP contribution >= 0.6 is 0 Å². The Labute approximate surface area is 210 Å². The molecule has 34 heavy (non-hydrogen) atoms. The summed E-state index contributed by atoms with van der Waals surface area (Å²) in [6, 6.07) is -0.0958. The molecule has 0 aliphatic heterocycles. The van der Waals surface area contributed by atoms with Gasteiger partial charge in [0.25, 0.3) is 0 Å². The number of hydrogen-bond donors (Lipinski definition) is 3. The quantitative estimate of drug-likeness (QED) is 0.235. The monoisotopic (exact) mass is 491 g/mol. The molecule has 4 N–H and O–H groups in total. The molecule has 0 saturated carbocycles. The number of hydrogen-bond acceptors (Lipinski definition) is 5. The summed E-state index contributed by atoms with van der Waals surface area (Å²) in [5.41, 5.74) is 4.17. The maximum atomic E-state index is 12.6. The van der Waals surface area contributed by atoms with Crippen LogP contribution in [0.1, 0.15) is 99.8 Å². The number of nitrogens with two attached hydrogens (primary N) is 1. The Kier molecular flexibility index (Phi) is 34.1. The van der Waals surface area contributed by atoms with E-state index in [0.717, 1.165) is 32.9 Å². The fraction of sp³-hybridized carbons (Fsp3) is 0.885. The second-order valence-corrected chi connectivity index (χ2v) is 8.36. The van der Waals surface area contributed by atoms with Gasteiger partial charge in [-0.2, -0.15) is 0 Å². The molecule has 8 heteroatoms. The zero-order valence-corrected chi connectivity index (χ0v) is 23.9. The number of carbonyl (C=O) groups is 3. The molecule has 0 aliphatic carbocycles. The van der Waals surface area contributed by atoms with E-state index in [1.807, 2.05) is 34.7 Å². The number of methoxy groups -OCH3 is 1. The average Bonchev–Trinajstić information content (AvgIpc) is 2.83. The molecular formula is C26H57N3O5. The lowest BCUT2D eigenvalue weighted by Crippen LogP contribution is -2.50. The molecule has 0 aromatic rings. The molecule has 3 unspecified atom stereocenters. The van der Waals surface area contributed by atoms with Crippen molar-refractivity contribution in [2.45, 2.75) is 112 Å². The molecule has 3 atom stereocenters. The van der Waals surface area contributed by atoms with Crippen molar-refractivity contribution < 1.29 is 24.2 Å². The molecular weight excluding hydrogens is 434 g/mol. The predicted molar refractivity (Wildman–Crippen MR) is 142 cm³/mol. The van der Waals surface area contributed by atoms with E-state index in [2.05, 4.69) is 31.8 Å². The number of primary amides is 1. The molecule has 0 radical (unpaired) electrons. The highest BCUT2D eigenvalue weighted by atomic mass is 16.5. The SMILES string of the molecule is CC.CCCCCCCNC(=O)CC(OC)C(C(C)CC)N(C)C(=O)CC(C)C.CO.NC=O. The lowest BCUT2D eigenvalue weighted by Gasteiger charge is -2.38. The minimum Gasteiger partial charge on any atom is -0.400 e. The minimum atomic E-state index is -0.291. The molecule has 0 saturated heterocycles. The average molecular weight is 492 g/mol. The van der Waals surface area contributed by atoms with E-state index in [9.17, 15) is 9.59 Å². The zero-order chi connectivity index (χ0) is 27.5. The summed E-state index contributed by atoms with van der Waals surface area (Å²) in [5, 5.41) is 10.0. The summed E-state index contributed by atoms with van der Waals surface area (Å²) in [7, 11) is 4.48. The summed E-state index contributed by atoms with van der Waals surface area (Å²) in [4.78, 5) is 35.4. The first kappa shape index (κ1) is 39.5. The predicted octanol–water partition coefficient (Wildman–Crippen LogP) is 4.13. The van der Waals surface area contributed by atoms with Crippen LogP contribution in [-0.2, 0) is 19.1 Å². The van der Waals surface area contributed by atoms with Crippen LogP contribution in [0.3, 0.4) is 0 Å². The molecule has 0 aromatic heterocycles. The minimum absolute atomic E-state index is 0.00959. The second-order valence-electron chi connectivity index (χ2n) is 8.36. The van der Waals surface area contributed by atoms with E-state index in [-0.39, 0.29) is 36.3 Å². The van der Waals surface area contributed by atoms with Crippen LogP contribution in [0.25, 0.3) is 0 Å². The molecule has 0 rings (SSSR count). The largest absolute Gasteiger partial charge is 0.400 e. The standard InChI is InChI=1S/C22H44N2O3.C2H6.CH3NO.CH4O/c1-8-10-11-12-13-14-23-20(25)16-19(27-7)22(18(5)9-2)24(6)21(26)15-17(3)4;1-2;2-1-3;1-2/h17-19,22H,8-16H2,1-7H3,(H,23,25);1-2H3;1H,(H2,2,3);2H,1H3. The van der Waals surface area contributed by atoms with Gasteiger partial charge < -0.3 is 25.8 Å². The van der Waals surface area contributed by atoms with Crippen molar-refractivity contribution >= 4 is 18.2 Å². The Morgan fingerprint density at radius 1 is 1.03 bits per heavy atom. The molecule has 206 valence electrons. The number of aliphatic hydroxyl groups excluding tert-OH is 1. The Morgan fingerprint density at radius 3 is 1.94 bits per heavy atom. The first-order valence-corrected chi connectivity index (χ1v) is 12.8. The molecule has 3 amide bonds. The fourth-order valence-corrected chi connectivity index (χ4v) is 3.45. The number of unbranched alkanes of at least 4 members (excludes halogenated alkanes) is 4. The number of aliphatic hydroxyl groups is 1. The summed E-state index contributed by atoms with van der Waals surface area (Å²) < 4.78 is 5.69. The molecule has 8 nitrogen and oxygen atoms in total. The number of carbonyl (C=O) groups excluding carboxylic acids is 3. The summed E-state index contributed by atoms with van der Waals surface area (Å²) in [6.45, 7) is 15.2. The van der Waals surface area contributed by atoms with E-state index >= 15 is 0 Å². The summed E-state index contributed by atoms with van der Waals surface area (Å²) >= 11 is 0. The number of likely N-dealkylation sites (N-methyl/N-ethyl adjacent to an activating group) is 1. The van der Waals surface area contributed by atoms with Crippen molar-refractivity contribution in [2.24, 2.45) is 17.6 Å². The lowest BCUT2D eigenvalue weighted by molar-refractivity contribution is -0.139. The van der Waals surface area contributed by atoms with Crippen molar-refractivity contribution in [1.82, 2.24) is 10.2 Å². The van der Waals surface area contributed by atoms with Gasteiger partial charge in [-0.1, -0.05) is 80.6 Å². The van der Waals surface area contributed by atoms with E-state index in [1.165, 1.54) is 19.3 Å². The van der Waals surface area contributed by atoms with Gasteiger partial charge in [-0.05, 0) is 18.3 Å². The second kappa shape index (κ2) is 29.4. The smallest absolute Gasteiger partial charge is 0.222 e. The van der Waals surface area contributed by atoms with E-state index < -0.39 is 0 Å². The molecule has 0 bridgehead atoms. The van der Waals surface area contributed by atoms with Crippen LogP contribution in [0.4, 0.5) is 0 Å². The van der Waals surface area contributed by atoms with E-state index in [1.54, 1.807) is 12.0 Å². The van der Waals surface area contributed by atoms with Gasteiger partial charge in [-0.15, -0.1) is 0 Å². The Morgan fingerprint density at radius 2 is 1.53 bits per heavy atom. The topological polar surface area (TPSA) is 122 Å². The van der Waals surface area contributed by atoms with Gasteiger partial charge in [0, 0.05) is 34.2 Å². The first-order chi connectivity index (χ1) is 16.2. The zero-order valence-electron chi connectivity index (χ0n) is 23.9. The van der Waals surface area contributed by atoms with Gasteiger partial charge in [0.1, 0.15) is 0 Å². The van der Waals surface area contributed by atoms with Crippen LogP contribution in [0, 0.1) is 11.8 Å². The lowest BCUT2D eigenvalue weighted by atomic mass is 9.90. The van der Waals surface area contributed by atoms with Gasteiger partial charge in [-0.3, -0.25) is 14.4 Å². The van der Waals surface area contributed by atoms with Crippen LogP contribution in [0.5, 0.6) is 0 Å². The van der Waals surface area contributed by atoms with Crippen LogP contribution < -0.4 is 11.1 Å². The normalized spacial score (nSPS) is 12.4. The molecule has 0 heterocycles. The number of nitrogens with zero attached hydrogens (tertiary/aromatic N) is 1. The Hall–Kier alpha value is -1.67. The molecule has 0 aromatic carbocycles. The van der Waals surface area contributed by atoms with Gasteiger partial charge in [0.2, 0.25) is 18.2 Å². The third-order valence-electron chi connectivity index (χ3n) is 5.32. The first-order valence-electron chi connectivity index (χ1n) is 12.8. The summed E-state index contributed by atoms with van der Waals surface area (Å²) in [5.74, 6) is 0.705. The van der Waals surface area contributed by atoms with Crippen LogP contribution in [0.15, 0.2) is 0 Å². The van der Waals surface area contributed by atoms with Crippen molar-refractivity contribution in [1.29, 1.82) is 0 Å². The number of rotatable bonds is 15. The number of ether oxygens (including phenoxy) is 1. The van der Waals surface area contributed by atoms with Crippen molar-refractivity contribution in [2.75, 3.05) is 27.8 Å². The molecule has 0 aliphatic rings. The Balaban J connectivity index is -0.000000576. The molecule has 0 spiro atoms. The number of nitrogens with one attached hydrogen (secondary N) is 1. The molecule has 0 fully saturated rings. The van der Waals surface area contributed by atoms with Crippen LogP contribution in [0.2, 0.25) is 0 Å². The highest BCUT2D eigenvalue weighted by Gasteiger charge is 2.33. The highest BCUT2D eigenvalue weighted by molar-refractivity contribution is 5.78. The van der Waals surface area contributed by atoms with Gasteiger partial charge in [0.05, 0.1) is 18.6 Å². The number of amides is 3. The summed E-state index contributed by atoms with van der Waals surface area (Å²) in [6.07, 6.45) is 7.59. The van der Waals surface area contributed by atoms with Crippen molar-refractivity contribution in [3.8, 4) is 0 Å². The maximum absolute atomic E-state index is 12.6. The van der Waals surface area contributed by atoms with Crippen molar-refractivity contribution in [3.63, 3.8) is 0 Å². The maximum Gasteiger partial charge on any atom is 0.222 e. The third kappa shape index (κ3) is 22.1. The van der Waals surface area contributed by atoms with Gasteiger partial charge in [0.15, 0.2) is 0 Å². The van der Waals surface area contributed by atoms with Gasteiger partial charge in [-0.25, -0.2) is 0 Å². The van der Waals surface area contributed by atoms with Crippen LogP contribution in [-0.4, -0.2) is 68.2 Å². The van der Waals surface area contributed by atoms with Gasteiger partial charge >= 0.3 is 0 Å². The highest BCUT2D eigenvalue weighted by Crippen LogP contribution is 2.22. The Bertz CT molecular complexity index is 462. The van der Waals surface area contributed by atoms with Crippen molar-refractivity contribution in [3.05, 3.63) is 0 Å². The fourth-order valence-electron chi connectivity index (χ4n) is 3.45. The third-order valence-corrected chi connectivity index (χ3v) is 5.32. The van der Waals surface area contributed by atoms with E-state index in [0.29, 0.717) is 18.8 Å².